The third-order valence-electron chi connectivity index (χ3n) is 5.77. The third-order valence-corrected chi connectivity index (χ3v) is 5.77. The molecule has 0 radical (unpaired) electrons. The summed E-state index contributed by atoms with van der Waals surface area (Å²) in [6.07, 6.45) is 6.15. The Labute approximate surface area is 185 Å². The van der Waals surface area contributed by atoms with Gasteiger partial charge in [0.25, 0.3) is 5.91 Å². The number of aromatic hydroxyl groups is 1. The van der Waals surface area contributed by atoms with Gasteiger partial charge in [0, 0.05) is 18.8 Å². The number of aromatic nitrogens is 1. The van der Waals surface area contributed by atoms with E-state index in [-0.39, 0.29) is 24.3 Å². The molecule has 1 unspecified atom stereocenters. The molecule has 0 fully saturated rings. The minimum absolute atomic E-state index is 0.0274. The van der Waals surface area contributed by atoms with Gasteiger partial charge in [-0.3, -0.25) is 19.3 Å². The number of fused-ring (bicyclic) bond motifs is 6. The Bertz CT molecular complexity index is 1240. The van der Waals surface area contributed by atoms with Crippen LogP contribution in [0, 0.1) is 0 Å². The van der Waals surface area contributed by atoms with Gasteiger partial charge in [-0.05, 0) is 29.7 Å². The fourth-order valence-corrected chi connectivity index (χ4v) is 4.24. The maximum absolute atomic E-state index is 13.2. The van der Waals surface area contributed by atoms with E-state index in [4.69, 9.17) is 4.74 Å². The summed E-state index contributed by atoms with van der Waals surface area (Å²) in [6, 6.07) is 18.8. The highest BCUT2D eigenvalue weighted by atomic mass is 16.5. The Hall–Kier alpha value is -4.00. The van der Waals surface area contributed by atoms with Crippen LogP contribution in [0.5, 0.6) is 11.5 Å². The molecule has 0 saturated carbocycles. The van der Waals surface area contributed by atoms with Crippen molar-refractivity contribution in [1.29, 1.82) is 0 Å². The highest BCUT2D eigenvalue weighted by Gasteiger charge is 2.36. The van der Waals surface area contributed by atoms with Crippen LogP contribution in [0.4, 0.5) is 0 Å². The fourth-order valence-electron chi connectivity index (χ4n) is 4.24. The zero-order valence-corrected chi connectivity index (χ0v) is 17.4. The first-order valence-electron chi connectivity index (χ1n) is 10.6. The highest BCUT2D eigenvalue weighted by Crippen LogP contribution is 2.33. The Kier molecular flexibility index (Phi) is 5.15. The van der Waals surface area contributed by atoms with Gasteiger partial charge >= 0.3 is 0 Å². The molecular weight excluding hydrogens is 406 g/mol. The third kappa shape index (κ3) is 3.51. The first-order valence-corrected chi connectivity index (χ1v) is 10.6. The maximum atomic E-state index is 13.2. The van der Waals surface area contributed by atoms with Crippen LogP contribution in [0.2, 0.25) is 0 Å². The van der Waals surface area contributed by atoms with Gasteiger partial charge in [-0.15, -0.1) is 0 Å². The van der Waals surface area contributed by atoms with Gasteiger partial charge in [0.1, 0.15) is 12.4 Å². The highest BCUT2D eigenvalue weighted by molar-refractivity contribution is 5.96. The summed E-state index contributed by atoms with van der Waals surface area (Å²) in [5, 5.41) is 12.5. The lowest BCUT2D eigenvalue weighted by atomic mass is 9.97. The smallest absolute Gasteiger partial charge is 0.278 e. The van der Waals surface area contributed by atoms with Crippen LogP contribution < -0.4 is 15.2 Å². The molecule has 1 N–H and O–H groups in total. The molecule has 7 nitrogen and oxygen atoms in total. The van der Waals surface area contributed by atoms with Gasteiger partial charge in [0.05, 0.1) is 12.6 Å². The number of rotatable bonds is 1. The van der Waals surface area contributed by atoms with Crippen molar-refractivity contribution in [2.24, 2.45) is 0 Å². The van der Waals surface area contributed by atoms with Crippen LogP contribution in [-0.2, 0) is 0 Å². The largest absolute Gasteiger partial charge is 0.502 e. The standard InChI is InChI=1S/C25H23N3O4/c29-21-12-14-27-23(24(21)30)25(31)26-13-5-2-6-15-32-20-11-7-10-19(16-20)22(28(27)17-26)18-8-3-1-4-9-18/h1-5,7-12,14,16,22,30H,6,13,15,17H2/b5-2+. The van der Waals surface area contributed by atoms with E-state index in [1.165, 1.54) is 6.07 Å². The molecule has 0 spiro atoms. The molecule has 1 amide bonds. The van der Waals surface area contributed by atoms with Crippen LogP contribution in [0.1, 0.15) is 34.1 Å². The predicted octanol–water partition coefficient (Wildman–Crippen LogP) is 3.03. The average Bonchev–Trinajstić information content (AvgIpc) is 2.82. The van der Waals surface area contributed by atoms with Crippen molar-refractivity contribution in [3.05, 3.63) is 106 Å². The molecule has 7 heteroatoms. The molecule has 2 aliphatic rings. The summed E-state index contributed by atoms with van der Waals surface area (Å²) in [5.41, 5.74) is 1.37. The van der Waals surface area contributed by atoms with Crippen molar-refractivity contribution in [2.75, 3.05) is 24.8 Å². The zero-order chi connectivity index (χ0) is 22.1. The second kappa shape index (κ2) is 8.26. The number of pyridine rings is 1. The van der Waals surface area contributed by atoms with Crippen molar-refractivity contribution in [3.63, 3.8) is 0 Å². The molecule has 5 rings (SSSR count). The van der Waals surface area contributed by atoms with E-state index >= 15 is 0 Å². The minimum atomic E-state index is -0.577. The monoisotopic (exact) mass is 429 g/mol. The molecule has 3 aromatic rings. The van der Waals surface area contributed by atoms with E-state index < -0.39 is 11.2 Å². The maximum Gasteiger partial charge on any atom is 0.278 e. The SMILES string of the molecule is O=C1c2c(O)c(=O)ccn2N2CN1C/C=C/CCOc1cccc(c1)C2c1ccccc1. The molecule has 162 valence electrons. The number of ether oxygens (including phenoxy) is 1. The molecule has 4 bridgehead atoms. The first kappa shape index (κ1) is 19.9. The Morgan fingerprint density at radius 2 is 1.75 bits per heavy atom. The molecule has 0 aliphatic carbocycles. The number of amides is 1. The van der Waals surface area contributed by atoms with Crippen LogP contribution in [-0.4, -0.2) is 40.4 Å². The summed E-state index contributed by atoms with van der Waals surface area (Å²) >= 11 is 0. The van der Waals surface area contributed by atoms with Crippen molar-refractivity contribution in [3.8, 4) is 11.5 Å². The lowest BCUT2D eigenvalue weighted by Gasteiger charge is -2.43. The van der Waals surface area contributed by atoms with Crippen LogP contribution >= 0.6 is 0 Å². The zero-order valence-electron chi connectivity index (χ0n) is 17.4. The lowest BCUT2D eigenvalue weighted by molar-refractivity contribution is 0.0701. The molecule has 32 heavy (non-hydrogen) atoms. The number of hydrogen-bond acceptors (Lipinski definition) is 5. The average molecular weight is 429 g/mol. The number of carbonyl (C=O) groups excluding carboxylic acids is 1. The predicted molar refractivity (Wildman–Crippen MR) is 120 cm³/mol. The van der Waals surface area contributed by atoms with E-state index in [9.17, 15) is 14.7 Å². The molecule has 1 atom stereocenters. The number of nitrogens with zero attached hydrogens (tertiary/aromatic N) is 3. The Balaban J connectivity index is 1.76. The summed E-state index contributed by atoms with van der Waals surface area (Å²) in [6.45, 7) is 1.17. The summed E-state index contributed by atoms with van der Waals surface area (Å²) in [4.78, 5) is 27.0. The van der Waals surface area contributed by atoms with Gasteiger partial charge in [-0.2, -0.15) is 0 Å². The molecule has 2 aliphatic heterocycles. The fraction of sp³-hybridized carbons (Fsp3) is 0.200. The quantitative estimate of drug-likeness (QED) is 0.602. The van der Waals surface area contributed by atoms with Gasteiger partial charge in [0.2, 0.25) is 5.43 Å². The van der Waals surface area contributed by atoms with Gasteiger partial charge in [0.15, 0.2) is 11.4 Å². The molecule has 2 aromatic carbocycles. The van der Waals surface area contributed by atoms with Crippen molar-refractivity contribution in [1.82, 2.24) is 9.58 Å². The van der Waals surface area contributed by atoms with E-state index in [0.29, 0.717) is 19.6 Å². The minimum Gasteiger partial charge on any atom is -0.502 e. The summed E-state index contributed by atoms with van der Waals surface area (Å²) in [7, 11) is 0. The molecule has 0 saturated heterocycles. The normalized spacial score (nSPS) is 19.1. The van der Waals surface area contributed by atoms with Gasteiger partial charge < -0.3 is 14.7 Å². The topological polar surface area (TPSA) is 75.0 Å². The first-order chi connectivity index (χ1) is 15.6. The summed E-state index contributed by atoms with van der Waals surface area (Å²) < 4.78 is 7.54. The number of carbonyl (C=O) groups is 1. The van der Waals surface area contributed by atoms with E-state index in [2.05, 4.69) is 0 Å². The van der Waals surface area contributed by atoms with E-state index in [1.54, 1.807) is 15.8 Å². The Morgan fingerprint density at radius 3 is 2.59 bits per heavy atom. The Morgan fingerprint density at radius 1 is 0.938 bits per heavy atom. The molecule has 1 aromatic heterocycles. The number of hydrogen-bond donors (Lipinski definition) is 1. The summed E-state index contributed by atoms with van der Waals surface area (Å²) in [5.74, 6) is -0.152. The molecular formula is C25H23N3O4. The van der Waals surface area contributed by atoms with E-state index in [1.807, 2.05) is 71.8 Å². The van der Waals surface area contributed by atoms with Gasteiger partial charge in [-0.1, -0.05) is 54.6 Å². The second-order valence-corrected chi connectivity index (χ2v) is 7.82. The number of benzene rings is 2. The van der Waals surface area contributed by atoms with Crippen molar-refractivity contribution in [2.45, 2.75) is 12.5 Å². The van der Waals surface area contributed by atoms with E-state index in [0.717, 1.165) is 16.9 Å². The second-order valence-electron chi connectivity index (χ2n) is 7.82. The van der Waals surface area contributed by atoms with Crippen LogP contribution in [0.3, 0.4) is 0 Å². The van der Waals surface area contributed by atoms with Crippen LogP contribution in [0.25, 0.3) is 0 Å². The van der Waals surface area contributed by atoms with Gasteiger partial charge in [-0.25, -0.2) is 0 Å². The van der Waals surface area contributed by atoms with Crippen LogP contribution in [0.15, 0.2) is 83.8 Å². The van der Waals surface area contributed by atoms with Crippen molar-refractivity contribution >= 4 is 5.91 Å². The van der Waals surface area contributed by atoms with Crippen molar-refractivity contribution < 1.29 is 14.6 Å². The lowest BCUT2D eigenvalue weighted by Crippen LogP contribution is -2.55. The molecule has 3 heterocycles.